The standard InChI is InChI=1S/C18H21FN4O2/c1-23(2)7-6-22-18(25)14-9-13(15(20)10-16(14)24)17(21)11-4-3-5-12(19)8-11/h3-5,8-10,21,24H,6-7,20H2,1-2H3,(H,22,25)/p+1. The summed E-state index contributed by atoms with van der Waals surface area (Å²) < 4.78 is 13.4. The van der Waals surface area contributed by atoms with Crippen LogP contribution in [0.1, 0.15) is 21.5 Å². The molecule has 0 aromatic heterocycles. The molecule has 25 heavy (non-hydrogen) atoms. The Morgan fingerprint density at radius 3 is 2.64 bits per heavy atom. The summed E-state index contributed by atoms with van der Waals surface area (Å²) in [7, 11) is 3.78. The van der Waals surface area contributed by atoms with Gasteiger partial charge in [0.2, 0.25) is 5.71 Å². The highest BCUT2D eigenvalue weighted by molar-refractivity contribution is 6.13. The summed E-state index contributed by atoms with van der Waals surface area (Å²) in [6.07, 6.45) is 0. The zero-order valence-corrected chi connectivity index (χ0v) is 14.2. The molecule has 0 bridgehead atoms. The van der Waals surface area contributed by atoms with Crippen LogP contribution >= 0.6 is 0 Å². The van der Waals surface area contributed by atoms with E-state index in [9.17, 15) is 14.3 Å². The Morgan fingerprint density at radius 1 is 1.28 bits per heavy atom. The predicted molar refractivity (Wildman–Crippen MR) is 94.9 cm³/mol. The van der Waals surface area contributed by atoms with Crippen LogP contribution in [0.4, 0.5) is 10.1 Å². The SMILES string of the molecule is CN(C)CCNC(=O)c1cc(C(=[NH2+])c2cccc(F)c2)c(N)cc1O. The van der Waals surface area contributed by atoms with Crippen molar-refractivity contribution in [3.63, 3.8) is 0 Å². The lowest BCUT2D eigenvalue weighted by molar-refractivity contribution is -0.111. The van der Waals surface area contributed by atoms with Crippen molar-refractivity contribution in [2.75, 3.05) is 32.9 Å². The van der Waals surface area contributed by atoms with Crippen molar-refractivity contribution in [1.29, 1.82) is 0 Å². The lowest BCUT2D eigenvalue weighted by atomic mass is 9.98. The van der Waals surface area contributed by atoms with Crippen molar-refractivity contribution >= 4 is 17.3 Å². The van der Waals surface area contributed by atoms with Crippen molar-refractivity contribution in [3.05, 3.63) is 58.9 Å². The summed E-state index contributed by atoms with van der Waals surface area (Å²) in [4.78, 5) is 14.2. The monoisotopic (exact) mass is 345 g/mol. The minimum atomic E-state index is -0.437. The van der Waals surface area contributed by atoms with Crippen LogP contribution in [0, 0.1) is 5.82 Å². The molecule has 132 valence electrons. The van der Waals surface area contributed by atoms with E-state index in [1.165, 1.54) is 30.3 Å². The van der Waals surface area contributed by atoms with Gasteiger partial charge in [-0.2, -0.15) is 0 Å². The smallest absolute Gasteiger partial charge is 0.255 e. The molecule has 6 N–H and O–H groups in total. The van der Waals surface area contributed by atoms with Crippen LogP contribution in [0.25, 0.3) is 0 Å². The number of nitrogens with zero attached hydrogens (tertiary/aromatic N) is 1. The van der Waals surface area contributed by atoms with E-state index in [4.69, 9.17) is 11.1 Å². The molecule has 0 atom stereocenters. The van der Waals surface area contributed by atoms with E-state index in [1.54, 1.807) is 6.07 Å². The van der Waals surface area contributed by atoms with E-state index >= 15 is 0 Å². The van der Waals surface area contributed by atoms with Gasteiger partial charge in [-0.05, 0) is 38.4 Å². The number of rotatable bonds is 6. The molecule has 2 aromatic carbocycles. The fraction of sp³-hybridized carbons (Fsp3) is 0.222. The molecule has 2 aromatic rings. The van der Waals surface area contributed by atoms with E-state index in [-0.39, 0.29) is 22.7 Å². The summed E-state index contributed by atoms with van der Waals surface area (Å²) >= 11 is 0. The van der Waals surface area contributed by atoms with E-state index in [0.717, 1.165) is 0 Å². The normalized spacial score (nSPS) is 10.7. The number of amides is 1. The number of carbonyl (C=O) groups excluding carboxylic acids is 1. The number of aromatic hydroxyl groups is 1. The molecule has 0 radical (unpaired) electrons. The van der Waals surface area contributed by atoms with Crippen LogP contribution in [0.5, 0.6) is 5.75 Å². The third-order valence-corrected chi connectivity index (χ3v) is 3.68. The van der Waals surface area contributed by atoms with Gasteiger partial charge in [-0.25, -0.2) is 4.39 Å². The van der Waals surface area contributed by atoms with Crippen LogP contribution in [0.2, 0.25) is 0 Å². The van der Waals surface area contributed by atoms with Crippen LogP contribution in [-0.2, 0) is 0 Å². The van der Waals surface area contributed by atoms with E-state index in [1.807, 2.05) is 19.0 Å². The molecule has 6 nitrogen and oxygen atoms in total. The molecular formula is C18H22FN4O2+. The average Bonchev–Trinajstić information content (AvgIpc) is 2.54. The lowest BCUT2D eigenvalue weighted by Gasteiger charge is -2.12. The van der Waals surface area contributed by atoms with Gasteiger partial charge < -0.3 is 21.1 Å². The van der Waals surface area contributed by atoms with E-state index in [2.05, 4.69) is 5.32 Å². The molecule has 0 aliphatic carbocycles. The number of halogens is 1. The number of nitrogens with two attached hydrogens (primary N) is 2. The highest BCUT2D eigenvalue weighted by atomic mass is 19.1. The average molecular weight is 345 g/mol. The number of hydrogen-bond donors (Lipinski definition) is 4. The van der Waals surface area contributed by atoms with Gasteiger partial charge in [0, 0.05) is 30.4 Å². The second-order valence-corrected chi connectivity index (χ2v) is 5.94. The number of nitrogen functional groups attached to an aromatic ring is 1. The second kappa shape index (κ2) is 7.76. The summed E-state index contributed by atoms with van der Waals surface area (Å²) in [5, 5.41) is 18.8. The van der Waals surface area contributed by atoms with Crippen molar-refractivity contribution in [1.82, 2.24) is 10.2 Å². The van der Waals surface area contributed by atoms with Gasteiger partial charge in [0.1, 0.15) is 11.6 Å². The van der Waals surface area contributed by atoms with Gasteiger partial charge in [0.25, 0.3) is 5.91 Å². The van der Waals surface area contributed by atoms with Gasteiger partial charge >= 0.3 is 0 Å². The van der Waals surface area contributed by atoms with Crippen molar-refractivity contribution in [3.8, 4) is 5.75 Å². The molecule has 1 amide bonds. The third-order valence-electron chi connectivity index (χ3n) is 3.68. The zero-order valence-electron chi connectivity index (χ0n) is 14.2. The first-order chi connectivity index (χ1) is 11.8. The Kier molecular flexibility index (Phi) is 5.71. The number of phenols is 1. The van der Waals surface area contributed by atoms with Gasteiger partial charge in [0.05, 0.1) is 11.1 Å². The molecule has 0 spiro atoms. The van der Waals surface area contributed by atoms with Gasteiger partial charge in [-0.1, -0.05) is 6.07 Å². The maximum absolute atomic E-state index is 13.4. The number of nitrogens with one attached hydrogen (secondary N) is 1. The topological polar surface area (TPSA) is 104 Å². The van der Waals surface area contributed by atoms with Crippen molar-refractivity contribution in [2.45, 2.75) is 0 Å². The highest BCUT2D eigenvalue weighted by Crippen LogP contribution is 2.26. The molecule has 0 aliphatic rings. The largest absolute Gasteiger partial charge is 0.507 e. The number of carbonyl (C=O) groups is 1. The van der Waals surface area contributed by atoms with Crippen molar-refractivity contribution < 1.29 is 19.7 Å². The minimum Gasteiger partial charge on any atom is -0.507 e. The Hall–Kier alpha value is -2.93. The Balaban J connectivity index is 2.31. The molecule has 0 fully saturated rings. The van der Waals surface area contributed by atoms with Crippen LogP contribution in [0.15, 0.2) is 36.4 Å². The first kappa shape index (κ1) is 18.4. The molecule has 2 rings (SSSR count). The van der Waals surface area contributed by atoms with Gasteiger partial charge in [-0.15, -0.1) is 0 Å². The molecule has 0 saturated carbocycles. The Bertz CT molecular complexity index is 806. The number of benzene rings is 2. The number of phenolic OH excluding ortho intramolecular Hbond substituents is 1. The van der Waals surface area contributed by atoms with Gasteiger partial charge in [-0.3, -0.25) is 10.2 Å². The molecule has 7 heteroatoms. The molecule has 0 saturated heterocycles. The van der Waals surface area contributed by atoms with Crippen LogP contribution in [-0.4, -0.2) is 48.8 Å². The number of hydrogen-bond acceptors (Lipinski definition) is 4. The molecule has 0 heterocycles. The zero-order chi connectivity index (χ0) is 18.6. The maximum Gasteiger partial charge on any atom is 0.255 e. The minimum absolute atomic E-state index is 0.0577. The maximum atomic E-state index is 13.4. The summed E-state index contributed by atoms with van der Waals surface area (Å²) in [6.45, 7) is 1.08. The van der Waals surface area contributed by atoms with E-state index in [0.29, 0.717) is 24.2 Å². The summed E-state index contributed by atoms with van der Waals surface area (Å²) in [5.74, 6) is -1.11. The highest BCUT2D eigenvalue weighted by Gasteiger charge is 2.20. The Morgan fingerprint density at radius 2 is 2.00 bits per heavy atom. The first-order valence-electron chi connectivity index (χ1n) is 7.73. The lowest BCUT2D eigenvalue weighted by Crippen LogP contribution is -2.41. The van der Waals surface area contributed by atoms with Crippen LogP contribution < -0.4 is 16.5 Å². The molecular weight excluding hydrogens is 323 g/mol. The number of anilines is 1. The number of likely N-dealkylation sites (N-methyl/N-ethyl adjacent to an activating group) is 1. The van der Waals surface area contributed by atoms with Crippen molar-refractivity contribution in [2.24, 2.45) is 0 Å². The van der Waals surface area contributed by atoms with Crippen LogP contribution in [0.3, 0.4) is 0 Å². The third kappa shape index (κ3) is 4.54. The predicted octanol–water partition coefficient (Wildman–Crippen LogP) is 0.00140. The van der Waals surface area contributed by atoms with Gasteiger partial charge in [0.15, 0.2) is 0 Å². The molecule has 0 unspecified atom stereocenters. The van der Waals surface area contributed by atoms with E-state index < -0.39 is 11.7 Å². The fourth-order valence-corrected chi connectivity index (χ4v) is 2.32. The first-order valence-corrected chi connectivity index (χ1v) is 7.73. The summed E-state index contributed by atoms with van der Waals surface area (Å²) in [5.41, 5.74) is 7.19. The fourth-order valence-electron chi connectivity index (χ4n) is 2.32. The second-order valence-electron chi connectivity index (χ2n) is 5.94. The molecule has 0 aliphatic heterocycles. The Labute approximate surface area is 145 Å². The quantitative estimate of drug-likeness (QED) is 0.437. The summed E-state index contributed by atoms with van der Waals surface area (Å²) in [6, 6.07) is 8.43.